The van der Waals surface area contributed by atoms with Gasteiger partial charge in [-0.2, -0.15) is 5.26 Å². The first-order chi connectivity index (χ1) is 9.36. The van der Waals surface area contributed by atoms with Gasteiger partial charge in [-0.15, -0.1) is 0 Å². The molecule has 116 valence electrons. The first kappa shape index (κ1) is 17.5. The van der Waals surface area contributed by atoms with Crippen LogP contribution in [-0.2, 0) is 10.0 Å². The molecule has 0 saturated carbocycles. The number of sulfonamides is 1. The molecule has 0 amide bonds. The summed E-state index contributed by atoms with van der Waals surface area (Å²) >= 11 is 0. The normalized spacial score (nSPS) is 13.0. The van der Waals surface area contributed by atoms with Gasteiger partial charge in [0.05, 0.1) is 17.3 Å². The number of hydrogen-bond acceptors (Lipinski definition) is 4. The zero-order valence-electron chi connectivity index (χ0n) is 13.2. The van der Waals surface area contributed by atoms with E-state index in [-0.39, 0.29) is 16.0 Å². The molecule has 21 heavy (non-hydrogen) atoms. The lowest BCUT2D eigenvalue weighted by Crippen LogP contribution is -2.45. The second-order valence-electron chi connectivity index (χ2n) is 7.09. The zero-order chi connectivity index (χ0) is 16.5. The summed E-state index contributed by atoms with van der Waals surface area (Å²) in [5, 5.41) is 8.80. The SMILES string of the molecule is CC(C)(C)CC(C)(C)NS(=O)(=O)c1ccc(C#N)cc1N. The lowest BCUT2D eigenvalue weighted by Gasteiger charge is -2.33. The van der Waals surface area contributed by atoms with Crippen molar-refractivity contribution >= 4 is 15.7 Å². The van der Waals surface area contributed by atoms with Crippen LogP contribution in [0.15, 0.2) is 23.1 Å². The molecule has 0 radical (unpaired) electrons. The number of hydrogen-bond donors (Lipinski definition) is 2. The number of nitrogens with zero attached hydrogens (tertiary/aromatic N) is 1. The van der Waals surface area contributed by atoms with Gasteiger partial charge in [-0.05, 0) is 43.9 Å². The Morgan fingerprint density at radius 2 is 1.81 bits per heavy atom. The Labute approximate surface area is 127 Å². The molecule has 0 saturated heterocycles. The number of nitriles is 1. The maximum Gasteiger partial charge on any atom is 0.243 e. The molecule has 1 aromatic rings. The summed E-state index contributed by atoms with van der Waals surface area (Å²) in [7, 11) is -3.73. The maximum absolute atomic E-state index is 12.5. The number of nitrogens with one attached hydrogen (secondary N) is 1. The number of benzene rings is 1. The Balaban J connectivity index is 3.10. The molecule has 0 spiro atoms. The van der Waals surface area contributed by atoms with Gasteiger partial charge in [0.25, 0.3) is 0 Å². The fraction of sp³-hybridized carbons (Fsp3) is 0.533. The van der Waals surface area contributed by atoms with Crippen molar-refractivity contribution in [2.24, 2.45) is 5.41 Å². The second-order valence-corrected chi connectivity index (χ2v) is 8.74. The molecular weight excluding hydrogens is 286 g/mol. The van der Waals surface area contributed by atoms with Crippen molar-refractivity contribution in [1.82, 2.24) is 4.72 Å². The van der Waals surface area contributed by atoms with Gasteiger partial charge < -0.3 is 5.73 Å². The molecule has 0 aliphatic carbocycles. The zero-order valence-corrected chi connectivity index (χ0v) is 14.0. The van der Waals surface area contributed by atoms with E-state index in [9.17, 15) is 8.42 Å². The molecule has 0 aliphatic rings. The van der Waals surface area contributed by atoms with Crippen molar-refractivity contribution in [2.75, 3.05) is 5.73 Å². The molecule has 0 aromatic heterocycles. The van der Waals surface area contributed by atoms with Crippen molar-refractivity contribution in [2.45, 2.75) is 51.5 Å². The van der Waals surface area contributed by atoms with Crippen molar-refractivity contribution in [3.63, 3.8) is 0 Å². The van der Waals surface area contributed by atoms with Gasteiger partial charge in [-0.1, -0.05) is 20.8 Å². The van der Waals surface area contributed by atoms with Crippen LogP contribution < -0.4 is 10.5 Å². The van der Waals surface area contributed by atoms with Gasteiger partial charge in [-0.3, -0.25) is 0 Å². The molecule has 1 aromatic carbocycles. The van der Waals surface area contributed by atoms with Crippen LogP contribution in [0.25, 0.3) is 0 Å². The fourth-order valence-corrected chi connectivity index (χ4v) is 4.17. The average Bonchev–Trinajstić information content (AvgIpc) is 2.22. The molecule has 0 heterocycles. The van der Waals surface area contributed by atoms with E-state index in [0.29, 0.717) is 12.0 Å². The van der Waals surface area contributed by atoms with Crippen LogP contribution in [0, 0.1) is 16.7 Å². The Bertz CT molecular complexity index is 665. The predicted molar refractivity (Wildman–Crippen MR) is 84.0 cm³/mol. The molecule has 6 heteroatoms. The van der Waals surface area contributed by atoms with Crippen LogP contribution in [-0.4, -0.2) is 14.0 Å². The van der Waals surface area contributed by atoms with Crippen molar-refractivity contribution in [3.05, 3.63) is 23.8 Å². The van der Waals surface area contributed by atoms with E-state index >= 15 is 0 Å². The molecule has 0 atom stereocenters. The van der Waals surface area contributed by atoms with E-state index in [1.54, 1.807) is 0 Å². The molecular formula is C15H23N3O2S. The number of nitrogen functional groups attached to an aromatic ring is 1. The molecule has 5 nitrogen and oxygen atoms in total. The molecule has 0 bridgehead atoms. The van der Waals surface area contributed by atoms with Crippen LogP contribution in [0.1, 0.15) is 46.6 Å². The highest BCUT2D eigenvalue weighted by Crippen LogP contribution is 2.29. The molecule has 0 aliphatic heterocycles. The highest BCUT2D eigenvalue weighted by Gasteiger charge is 2.31. The van der Waals surface area contributed by atoms with Crippen LogP contribution in [0.4, 0.5) is 5.69 Å². The minimum absolute atomic E-state index is 0.00323. The minimum Gasteiger partial charge on any atom is -0.398 e. The highest BCUT2D eigenvalue weighted by molar-refractivity contribution is 7.89. The highest BCUT2D eigenvalue weighted by atomic mass is 32.2. The van der Waals surface area contributed by atoms with Gasteiger partial charge in [0, 0.05) is 5.54 Å². The van der Waals surface area contributed by atoms with Crippen LogP contribution >= 0.6 is 0 Å². The summed E-state index contributed by atoms with van der Waals surface area (Å²) in [6.07, 6.45) is 0.676. The van der Waals surface area contributed by atoms with Crippen molar-refractivity contribution < 1.29 is 8.42 Å². The molecule has 0 unspecified atom stereocenters. The van der Waals surface area contributed by atoms with Gasteiger partial charge in [-0.25, -0.2) is 13.1 Å². The topological polar surface area (TPSA) is 96.0 Å². The lowest BCUT2D eigenvalue weighted by molar-refractivity contribution is 0.269. The molecule has 3 N–H and O–H groups in total. The monoisotopic (exact) mass is 309 g/mol. The van der Waals surface area contributed by atoms with Gasteiger partial charge in [0.2, 0.25) is 10.0 Å². The van der Waals surface area contributed by atoms with Crippen molar-refractivity contribution in [1.29, 1.82) is 5.26 Å². The van der Waals surface area contributed by atoms with E-state index in [1.807, 2.05) is 19.9 Å². The quantitative estimate of drug-likeness (QED) is 0.836. The summed E-state index contributed by atoms with van der Waals surface area (Å²) in [4.78, 5) is 0.00323. The summed E-state index contributed by atoms with van der Waals surface area (Å²) in [5.74, 6) is 0. The third-order valence-electron chi connectivity index (χ3n) is 2.81. The molecule has 0 fully saturated rings. The first-order valence-electron chi connectivity index (χ1n) is 6.70. The number of nitrogens with two attached hydrogens (primary N) is 1. The fourth-order valence-electron chi connectivity index (χ4n) is 2.64. The van der Waals surface area contributed by atoms with E-state index < -0.39 is 15.6 Å². The smallest absolute Gasteiger partial charge is 0.243 e. The maximum atomic E-state index is 12.5. The minimum atomic E-state index is -3.73. The Hall–Kier alpha value is -1.58. The second kappa shape index (κ2) is 5.66. The Morgan fingerprint density at radius 1 is 1.24 bits per heavy atom. The summed E-state index contributed by atoms with van der Waals surface area (Å²) in [5.41, 5.74) is 5.56. The van der Waals surface area contributed by atoms with Gasteiger partial charge >= 0.3 is 0 Å². The average molecular weight is 309 g/mol. The van der Waals surface area contributed by atoms with E-state index in [4.69, 9.17) is 11.0 Å². The lowest BCUT2D eigenvalue weighted by atomic mass is 9.82. The van der Waals surface area contributed by atoms with Gasteiger partial charge in [0.15, 0.2) is 0 Å². The third kappa shape index (κ3) is 5.03. The summed E-state index contributed by atoms with van der Waals surface area (Å²) < 4.78 is 27.7. The number of anilines is 1. The first-order valence-corrected chi connectivity index (χ1v) is 8.18. The largest absolute Gasteiger partial charge is 0.398 e. The van der Waals surface area contributed by atoms with Crippen LogP contribution in [0.3, 0.4) is 0 Å². The third-order valence-corrected chi connectivity index (χ3v) is 4.58. The summed E-state index contributed by atoms with van der Waals surface area (Å²) in [6, 6.07) is 6.11. The van der Waals surface area contributed by atoms with E-state index in [0.717, 1.165) is 0 Å². The van der Waals surface area contributed by atoms with Gasteiger partial charge in [0.1, 0.15) is 4.90 Å². The number of rotatable bonds is 4. The van der Waals surface area contributed by atoms with Crippen molar-refractivity contribution in [3.8, 4) is 6.07 Å². The summed E-state index contributed by atoms with van der Waals surface area (Å²) in [6.45, 7) is 9.85. The Kier molecular flexibility index (Phi) is 4.71. The van der Waals surface area contributed by atoms with E-state index in [1.165, 1.54) is 18.2 Å². The standard InChI is InChI=1S/C15H23N3O2S/c1-14(2,3)10-15(4,5)18-21(19,20)13-7-6-11(9-16)8-12(13)17/h6-8,18H,10,17H2,1-5H3. The predicted octanol–water partition coefficient (Wildman–Crippen LogP) is 2.63. The van der Waals surface area contributed by atoms with Crippen LogP contribution in [0.2, 0.25) is 0 Å². The van der Waals surface area contributed by atoms with E-state index in [2.05, 4.69) is 25.5 Å². The Morgan fingerprint density at radius 3 is 2.24 bits per heavy atom. The van der Waals surface area contributed by atoms with Crippen LogP contribution in [0.5, 0.6) is 0 Å². The molecule has 1 rings (SSSR count).